The minimum atomic E-state index is -0.261. The SMILES string of the molecule is CN(C[C@@H]1C[C@@H](O)CN1)c1cc(C#N)c2ccccc2n1. The number of hydrogen-bond acceptors (Lipinski definition) is 5. The molecule has 1 aliphatic rings. The molecule has 0 radical (unpaired) electrons. The van der Waals surface area contributed by atoms with Crippen molar-refractivity contribution in [3.63, 3.8) is 0 Å². The highest BCUT2D eigenvalue weighted by Crippen LogP contribution is 2.22. The van der Waals surface area contributed by atoms with Crippen LogP contribution in [0.3, 0.4) is 0 Å². The van der Waals surface area contributed by atoms with Crippen molar-refractivity contribution in [3.05, 3.63) is 35.9 Å². The quantitative estimate of drug-likeness (QED) is 0.887. The Morgan fingerprint density at radius 2 is 2.29 bits per heavy atom. The molecule has 1 aromatic heterocycles. The highest BCUT2D eigenvalue weighted by molar-refractivity contribution is 5.86. The number of likely N-dealkylation sites (N-methyl/N-ethyl adjacent to an activating group) is 1. The molecule has 0 aliphatic carbocycles. The predicted octanol–water partition coefficient (Wildman–Crippen LogP) is 1.27. The second-order valence-electron chi connectivity index (χ2n) is 5.53. The summed E-state index contributed by atoms with van der Waals surface area (Å²) in [5.74, 6) is 0.786. The molecule has 0 saturated carbocycles. The highest BCUT2D eigenvalue weighted by Gasteiger charge is 2.23. The minimum Gasteiger partial charge on any atom is -0.392 e. The van der Waals surface area contributed by atoms with Crippen molar-refractivity contribution < 1.29 is 5.11 Å². The van der Waals surface area contributed by atoms with Crippen LogP contribution in [0.25, 0.3) is 10.9 Å². The normalized spacial score (nSPS) is 21.4. The molecule has 2 aromatic rings. The Balaban J connectivity index is 1.88. The van der Waals surface area contributed by atoms with E-state index in [0.29, 0.717) is 12.1 Å². The molecule has 21 heavy (non-hydrogen) atoms. The van der Waals surface area contributed by atoms with Crippen molar-refractivity contribution in [2.75, 3.05) is 25.0 Å². The van der Waals surface area contributed by atoms with Crippen molar-refractivity contribution in [2.24, 2.45) is 0 Å². The first kappa shape index (κ1) is 13.8. The fourth-order valence-electron chi connectivity index (χ4n) is 2.81. The third-order valence-corrected chi connectivity index (χ3v) is 3.91. The first-order chi connectivity index (χ1) is 10.2. The Hall–Kier alpha value is -2.16. The van der Waals surface area contributed by atoms with E-state index < -0.39 is 0 Å². The van der Waals surface area contributed by atoms with E-state index in [1.54, 1.807) is 0 Å². The number of anilines is 1. The largest absolute Gasteiger partial charge is 0.392 e. The molecule has 1 fully saturated rings. The second kappa shape index (κ2) is 5.68. The molecule has 2 atom stereocenters. The lowest BCUT2D eigenvalue weighted by Crippen LogP contribution is -2.35. The average Bonchev–Trinajstić information content (AvgIpc) is 2.91. The number of hydrogen-bond donors (Lipinski definition) is 2. The fraction of sp³-hybridized carbons (Fsp3) is 0.375. The topological polar surface area (TPSA) is 72.2 Å². The summed E-state index contributed by atoms with van der Waals surface area (Å²) in [6.07, 6.45) is 0.492. The van der Waals surface area contributed by atoms with Gasteiger partial charge in [-0.05, 0) is 18.6 Å². The molecule has 1 aromatic carbocycles. The number of aliphatic hydroxyl groups excluding tert-OH is 1. The fourth-order valence-corrected chi connectivity index (χ4v) is 2.81. The van der Waals surface area contributed by atoms with Crippen LogP contribution in [0.15, 0.2) is 30.3 Å². The molecule has 5 heteroatoms. The van der Waals surface area contributed by atoms with E-state index in [1.807, 2.05) is 42.3 Å². The number of nitrogens with zero attached hydrogens (tertiary/aromatic N) is 3. The van der Waals surface area contributed by atoms with Gasteiger partial charge in [0, 0.05) is 31.6 Å². The number of pyridine rings is 1. The van der Waals surface area contributed by atoms with Crippen LogP contribution in [0.1, 0.15) is 12.0 Å². The van der Waals surface area contributed by atoms with Gasteiger partial charge in [-0.15, -0.1) is 0 Å². The Kier molecular flexibility index (Phi) is 3.74. The monoisotopic (exact) mass is 282 g/mol. The molecule has 0 unspecified atom stereocenters. The summed E-state index contributed by atoms with van der Waals surface area (Å²) in [7, 11) is 1.96. The number of aliphatic hydroxyl groups is 1. The van der Waals surface area contributed by atoms with Gasteiger partial charge < -0.3 is 15.3 Å². The number of benzene rings is 1. The zero-order valence-electron chi connectivity index (χ0n) is 12.0. The van der Waals surface area contributed by atoms with Gasteiger partial charge in [-0.25, -0.2) is 4.98 Å². The van der Waals surface area contributed by atoms with Crippen molar-refractivity contribution in [1.82, 2.24) is 10.3 Å². The van der Waals surface area contributed by atoms with Crippen LogP contribution in [0.2, 0.25) is 0 Å². The Morgan fingerprint density at radius 3 is 3.00 bits per heavy atom. The third-order valence-electron chi connectivity index (χ3n) is 3.91. The molecular formula is C16H18N4O. The third kappa shape index (κ3) is 2.82. The summed E-state index contributed by atoms with van der Waals surface area (Å²) >= 11 is 0. The van der Waals surface area contributed by atoms with E-state index >= 15 is 0 Å². The van der Waals surface area contributed by atoms with Crippen LogP contribution in [-0.4, -0.2) is 42.4 Å². The molecule has 5 nitrogen and oxygen atoms in total. The molecule has 3 rings (SSSR count). The van der Waals surface area contributed by atoms with E-state index in [-0.39, 0.29) is 12.1 Å². The smallest absolute Gasteiger partial charge is 0.130 e. The molecule has 0 amide bonds. The van der Waals surface area contributed by atoms with Crippen LogP contribution < -0.4 is 10.2 Å². The van der Waals surface area contributed by atoms with Gasteiger partial charge in [-0.1, -0.05) is 18.2 Å². The van der Waals surface area contributed by atoms with E-state index in [0.717, 1.165) is 29.7 Å². The second-order valence-corrected chi connectivity index (χ2v) is 5.53. The summed E-state index contributed by atoms with van der Waals surface area (Å²) in [5, 5.41) is 23.1. The molecule has 1 aliphatic heterocycles. The molecule has 1 saturated heterocycles. The van der Waals surface area contributed by atoms with Crippen molar-refractivity contribution >= 4 is 16.7 Å². The number of β-amino-alcohol motifs (C(OH)–C–C–N with tert-alkyl or cyclic N) is 1. The lowest BCUT2D eigenvalue weighted by molar-refractivity contribution is 0.193. The first-order valence-corrected chi connectivity index (χ1v) is 7.10. The van der Waals surface area contributed by atoms with Crippen molar-refractivity contribution in [2.45, 2.75) is 18.6 Å². The van der Waals surface area contributed by atoms with Gasteiger partial charge in [-0.2, -0.15) is 5.26 Å². The van der Waals surface area contributed by atoms with E-state index in [9.17, 15) is 10.4 Å². The molecule has 2 heterocycles. The predicted molar refractivity (Wildman–Crippen MR) is 82.1 cm³/mol. The molecule has 0 bridgehead atoms. The van der Waals surface area contributed by atoms with Crippen LogP contribution >= 0.6 is 0 Å². The maximum absolute atomic E-state index is 9.57. The van der Waals surface area contributed by atoms with Crippen LogP contribution in [0.5, 0.6) is 0 Å². The number of nitrogens with one attached hydrogen (secondary N) is 1. The van der Waals surface area contributed by atoms with E-state index in [4.69, 9.17) is 0 Å². The Morgan fingerprint density at radius 1 is 1.48 bits per heavy atom. The van der Waals surface area contributed by atoms with Gasteiger partial charge in [0.1, 0.15) is 5.82 Å². The summed E-state index contributed by atoms with van der Waals surface area (Å²) < 4.78 is 0. The molecule has 0 spiro atoms. The average molecular weight is 282 g/mol. The summed E-state index contributed by atoms with van der Waals surface area (Å²) in [5.41, 5.74) is 1.47. The summed E-state index contributed by atoms with van der Waals surface area (Å²) in [6, 6.07) is 12.0. The van der Waals surface area contributed by atoms with Gasteiger partial charge in [-0.3, -0.25) is 0 Å². The van der Waals surface area contributed by atoms with Gasteiger partial charge in [0.25, 0.3) is 0 Å². The van der Waals surface area contributed by atoms with E-state index in [1.165, 1.54) is 0 Å². The number of para-hydroxylation sites is 1. The van der Waals surface area contributed by atoms with Gasteiger partial charge >= 0.3 is 0 Å². The molecule has 108 valence electrons. The lowest BCUT2D eigenvalue weighted by Gasteiger charge is -2.22. The molecular weight excluding hydrogens is 264 g/mol. The highest BCUT2D eigenvalue weighted by atomic mass is 16.3. The minimum absolute atomic E-state index is 0.254. The van der Waals surface area contributed by atoms with Gasteiger partial charge in [0.15, 0.2) is 0 Å². The Labute approximate surface area is 123 Å². The number of aromatic nitrogens is 1. The number of nitriles is 1. The zero-order chi connectivity index (χ0) is 14.8. The number of fused-ring (bicyclic) bond motifs is 1. The van der Waals surface area contributed by atoms with Crippen LogP contribution in [0, 0.1) is 11.3 Å². The van der Waals surface area contributed by atoms with Crippen LogP contribution in [0.4, 0.5) is 5.82 Å². The maximum Gasteiger partial charge on any atom is 0.130 e. The van der Waals surface area contributed by atoms with Crippen LogP contribution in [-0.2, 0) is 0 Å². The molecule has 2 N–H and O–H groups in total. The van der Waals surface area contributed by atoms with Gasteiger partial charge in [0.05, 0.1) is 23.3 Å². The van der Waals surface area contributed by atoms with Crippen molar-refractivity contribution in [3.8, 4) is 6.07 Å². The summed E-state index contributed by atoms with van der Waals surface area (Å²) in [4.78, 5) is 6.66. The Bertz CT molecular complexity index is 694. The standard InChI is InChI=1S/C16H18N4O/c1-20(10-12-7-13(21)9-18-12)16-6-11(8-17)14-4-2-3-5-15(14)19-16/h2-6,12-13,18,21H,7,9-10H2,1H3/t12-,13+/m0/s1. The summed E-state index contributed by atoms with van der Waals surface area (Å²) in [6.45, 7) is 1.40. The van der Waals surface area contributed by atoms with Gasteiger partial charge in [0.2, 0.25) is 0 Å². The van der Waals surface area contributed by atoms with E-state index in [2.05, 4.69) is 16.4 Å². The first-order valence-electron chi connectivity index (χ1n) is 7.10. The number of rotatable bonds is 3. The lowest BCUT2D eigenvalue weighted by atomic mass is 10.1. The van der Waals surface area contributed by atoms with Crippen molar-refractivity contribution in [1.29, 1.82) is 5.26 Å². The maximum atomic E-state index is 9.57. The zero-order valence-corrected chi connectivity index (χ0v) is 12.0.